The molecule has 0 aliphatic heterocycles. The minimum atomic E-state index is -0.872. The summed E-state index contributed by atoms with van der Waals surface area (Å²) in [5, 5.41) is 1.93. The Morgan fingerprint density at radius 2 is 2.21 bits per heavy atom. The number of H-pyrrole nitrogens is 1. The number of fused-ring (bicyclic) bond motifs is 1. The second-order valence-electron chi connectivity index (χ2n) is 4.07. The maximum atomic E-state index is 13.9. The van der Waals surface area contributed by atoms with E-state index in [4.69, 9.17) is 12.2 Å². The summed E-state index contributed by atoms with van der Waals surface area (Å²) in [7, 11) is 0. The van der Waals surface area contributed by atoms with E-state index in [-0.39, 0.29) is 5.52 Å². The van der Waals surface area contributed by atoms with E-state index in [2.05, 4.69) is 9.97 Å². The van der Waals surface area contributed by atoms with Crippen LogP contribution in [0.3, 0.4) is 0 Å². The molecule has 98 valence electrons. The number of rotatable bonds is 3. The molecule has 0 saturated carbocycles. The largest absolute Gasteiger partial charge is 0.330 e. The third-order valence-corrected chi connectivity index (χ3v) is 3.86. The monoisotopic (exact) mass is 297 g/mol. The van der Waals surface area contributed by atoms with Crippen LogP contribution in [0.5, 0.6) is 0 Å². The highest BCUT2D eigenvalue weighted by Gasteiger charge is 2.13. The molecule has 0 radical (unpaired) electrons. The highest BCUT2D eigenvalue weighted by atomic mass is 32.1. The topological polar surface area (TPSA) is 33.6 Å². The zero-order chi connectivity index (χ0) is 13.4. The van der Waals surface area contributed by atoms with Crippen LogP contribution in [-0.2, 0) is 13.0 Å². The zero-order valence-electron chi connectivity index (χ0n) is 9.69. The Morgan fingerprint density at radius 1 is 1.37 bits per heavy atom. The number of aromatic nitrogens is 3. The van der Waals surface area contributed by atoms with Crippen molar-refractivity contribution in [3.63, 3.8) is 0 Å². The van der Waals surface area contributed by atoms with Crippen molar-refractivity contribution >= 4 is 34.6 Å². The van der Waals surface area contributed by atoms with Gasteiger partial charge in [0.1, 0.15) is 5.52 Å². The molecule has 0 fully saturated rings. The number of aromatic amines is 1. The molecule has 0 aliphatic carbocycles. The third-order valence-electron chi connectivity index (χ3n) is 2.90. The standard InChI is InChI=1S/C12H9F2N3S2/c13-8-1-2-9-11(10(8)14)17(12(18)16-9)4-3-7-5-19-6-15-7/h1-2,5-6H,3-4H2,(H,16,18). The molecule has 3 nitrogen and oxygen atoms in total. The molecule has 0 amide bonds. The quantitative estimate of drug-likeness (QED) is 0.748. The zero-order valence-corrected chi connectivity index (χ0v) is 11.3. The predicted molar refractivity (Wildman–Crippen MR) is 72.9 cm³/mol. The van der Waals surface area contributed by atoms with E-state index in [1.165, 1.54) is 17.4 Å². The molecule has 2 heterocycles. The molecule has 0 bridgehead atoms. The number of halogens is 2. The van der Waals surface area contributed by atoms with Crippen molar-refractivity contribution < 1.29 is 8.78 Å². The van der Waals surface area contributed by atoms with Crippen LogP contribution in [0.15, 0.2) is 23.0 Å². The number of aryl methyl sites for hydroxylation is 2. The summed E-state index contributed by atoms with van der Waals surface area (Å²) in [6.07, 6.45) is 0.626. The lowest BCUT2D eigenvalue weighted by Gasteiger charge is -2.04. The van der Waals surface area contributed by atoms with Gasteiger partial charge in [0, 0.05) is 18.3 Å². The average Bonchev–Trinajstić information content (AvgIpc) is 2.99. The number of nitrogens with one attached hydrogen (secondary N) is 1. The fourth-order valence-corrected chi connectivity index (χ4v) is 2.88. The molecule has 3 rings (SSSR count). The number of benzene rings is 1. The van der Waals surface area contributed by atoms with E-state index in [1.807, 2.05) is 5.38 Å². The van der Waals surface area contributed by atoms with Crippen LogP contribution in [0.4, 0.5) is 8.78 Å². The van der Waals surface area contributed by atoms with Crippen molar-refractivity contribution in [3.8, 4) is 0 Å². The van der Waals surface area contributed by atoms with Crippen LogP contribution >= 0.6 is 23.6 Å². The van der Waals surface area contributed by atoms with Crippen molar-refractivity contribution in [1.82, 2.24) is 14.5 Å². The molecule has 1 N–H and O–H groups in total. The van der Waals surface area contributed by atoms with E-state index in [0.717, 1.165) is 11.8 Å². The lowest BCUT2D eigenvalue weighted by Crippen LogP contribution is -2.03. The number of nitrogens with zero attached hydrogens (tertiary/aromatic N) is 2. The van der Waals surface area contributed by atoms with Gasteiger partial charge in [-0.1, -0.05) is 0 Å². The fourth-order valence-electron chi connectivity index (χ4n) is 1.99. The van der Waals surface area contributed by atoms with Crippen LogP contribution in [0.1, 0.15) is 5.69 Å². The minimum Gasteiger partial charge on any atom is -0.330 e. The molecule has 0 spiro atoms. The maximum absolute atomic E-state index is 13.9. The van der Waals surface area contributed by atoms with Gasteiger partial charge in [0.05, 0.1) is 16.7 Å². The van der Waals surface area contributed by atoms with Gasteiger partial charge < -0.3 is 9.55 Å². The molecule has 19 heavy (non-hydrogen) atoms. The normalized spacial score (nSPS) is 11.3. The molecule has 0 aliphatic rings. The molecule has 3 aromatic rings. The third kappa shape index (κ3) is 2.19. The first-order valence-corrected chi connectivity index (χ1v) is 6.95. The lowest BCUT2D eigenvalue weighted by molar-refractivity contribution is 0.510. The van der Waals surface area contributed by atoms with Gasteiger partial charge in [0.25, 0.3) is 0 Å². The van der Waals surface area contributed by atoms with Crippen LogP contribution in [0, 0.1) is 16.4 Å². The fraction of sp³-hybridized carbons (Fsp3) is 0.167. The van der Waals surface area contributed by atoms with E-state index in [0.29, 0.717) is 23.3 Å². The van der Waals surface area contributed by atoms with Crippen LogP contribution in [0.25, 0.3) is 11.0 Å². The first kappa shape index (κ1) is 12.4. The summed E-state index contributed by atoms with van der Waals surface area (Å²) in [5.74, 6) is -1.74. The lowest BCUT2D eigenvalue weighted by atomic mass is 10.2. The molecular formula is C12H9F2N3S2. The van der Waals surface area contributed by atoms with E-state index in [9.17, 15) is 8.78 Å². The number of hydrogen-bond donors (Lipinski definition) is 1. The average molecular weight is 297 g/mol. The van der Waals surface area contributed by atoms with Crippen LogP contribution in [-0.4, -0.2) is 14.5 Å². The number of thiazole rings is 1. The molecule has 7 heteroatoms. The summed E-state index contributed by atoms with van der Waals surface area (Å²) in [4.78, 5) is 7.04. The van der Waals surface area contributed by atoms with Gasteiger partial charge >= 0.3 is 0 Å². The molecular weight excluding hydrogens is 288 g/mol. The molecule has 0 unspecified atom stereocenters. The highest BCUT2D eigenvalue weighted by molar-refractivity contribution is 7.71. The second-order valence-corrected chi connectivity index (χ2v) is 5.17. The Bertz CT molecular complexity index is 774. The Hall–Kier alpha value is -1.60. The first-order valence-electron chi connectivity index (χ1n) is 5.60. The summed E-state index contributed by atoms with van der Waals surface area (Å²) in [6.45, 7) is 0.461. The molecule has 0 atom stereocenters. The van der Waals surface area contributed by atoms with E-state index in [1.54, 1.807) is 10.1 Å². The summed E-state index contributed by atoms with van der Waals surface area (Å²) >= 11 is 6.65. The summed E-state index contributed by atoms with van der Waals surface area (Å²) < 4.78 is 29.1. The maximum Gasteiger partial charge on any atom is 0.184 e. The first-order chi connectivity index (χ1) is 9.16. The molecule has 0 saturated heterocycles. The molecule has 1 aromatic carbocycles. The van der Waals surface area contributed by atoms with Crippen LogP contribution in [0.2, 0.25) is 0 Å². The Labute approximate surface area is 116 Å². The van der Waals surface area contributed by atoms with Crippen molar-refractivity contribution in [2.45, 2.75) is 13.0 Å². The van der Waals surface area contributed by atoms with Crippen LogP contribution < -0.4 is 0 Å². The Kier molecular flexibility index (Phi) is 3.16. The second kappa shape index (κ2) is 4.82. The highest BCUT2D eigenvalue weighted by Crippen LogP contribution is 2.21. The van der Waals surface area contributed by atoms with Crippen molar-refractivity contribution in [2.75, 3.05) is 0 Å². The number of imidazole rings is 1. The predicted octanol–water partition coefficient (Wildman–Crippen LogP) is 3.68. The van der Waals surface area contributed by atoms with Crippen molar-refractivity contribution in [3.05, 3.63) is 45.1 Å². The summed E-state index contributed by atoms with van der Waals surface area (Å²) in [6, 6.07) is 2.58. The smallest absolute Gasteiger partial charge is 0.184 e. The van der Waals surface area contributed by atoms with Crippen molar-refractivity contribution in [2.24, 2.45) is 0 Å². The van der Waals surface area contributed by atoms with Gasteiger partial charge in [-0.25, -0.2) is 13.8 Å². The van der Waals surface area contributed by atoms with Gasteiger partial charge in [-0.3, -0.25) is 0 Å². The van der Waals surface area contributed by atoms with Crippen molar-refractivity contribution in [1.29, 1.82) is 0 Å². The summed E-state index contributed by atoms with van der Waals surface area (Å²) in [5.41, 5.74) is 3.34. The van der Waals surface area contributed by atoms with Gasteiger partial charge in [0.15, 0.2) is 16.4 Å². The van der Waals surface area contributed by atoms with Gasteiger partial charge in [-0.05, 0) is 24.4 Å². The SMILES string of the molecule is Fc1ccc2[nH]c(=S)n(CCc3cscn3)c2c1F. The minimum absolute atomic E-state index is 0.181. The van der Waals surface area contributed by atoms with Gasteiger partial charge in [-0.2, -0.15) is 0 Å². The Balaban J connectivity index is 2.05. The Morgan fingerprint density at radius 3 is 2.95 bits per heavy atom. The van der Waals surface area contributed by atoms with Gasteiger partial charge in [0.2, 0.25) is 0 Å². The van der Waals surface area contributed by atoms with Gasteiger partial charge in [-0.15, -0.1) is 11.3 Å². The van der Waals surface area contributed by atoms with E-state index < -0.39 is 11.6 Å². The molecule has 2 aromatic heterocycles. The van der Waals surface area contributed by atoms with E-state index >= 15 is 0 Å². The number of hydrogen-bond acceptors (Lipinski definition) is 3.